The highest BCUT2D eigenvalue weighted by Crippen LogP contribution is 2.07. The molecule has 0 aliphatic heterocycles. The van der Waals surface area contributed by atoms with E-state index in [2.05, 4.69) is 4.72 Å². The van der Waals surface area contributed by atoms with Crippen molar-refractivity contribution in [3.63, 3.8) is 0 Å². The van der Waals surface area contributed by atoms with Crippen LogP contribution >= 0.6 is 0 Å². The molecule has 0 bridgehead atoms. The van der Waals surface area contributed by atoms with Crippen molar-refractivity contribution in [3.8, 4) is 0 Å². The van der Waals surface area contributed by atoms with Crippen LogP contribution in [-0.2, 0) is 19.6 Å². The fraction of sp³-hybridized carbons (Fsp3) is 0.900. The Morgan fingerprint density at radius 3 is 2.24 bits per heavy atom. The summed E-state index contributed by atoms with van der Waals surface area (Å²) in [6, 6.07) is -0.415. The Morgan fingerprint density at radius 2 is 1.88 bits per heavy atom. The lowest BCUT2D eigenvalue weighted by atomic mass is 10.1. The summed E-state index contributed by atoms with van der Waals surface area (Å²) < 4.78 is 30.9. The van der Waals surface area contributed by atoms with Gasteiger partial charge in [0, 0.05) is 12.6 Å². The van der Waals surface area contributed by atoms with Gasteiger partial charge >= 0.3 is 5.97 Å². The molecule has 7 heteroatoms. The van der Waals surface area contributed by atoms with E-state index in [9.17, 15) is 13.2 Å². The highest BCUT2D eigenvalue weighted by atomic mass is 32.2. The van der Waals surface area contributed by atoms with Crippen LogP contribution in [0.1, 0.15) is 27.7 Å². The molecule has 0 radical (unpaired) electrons. The highest BCUT2D eigenvalue weighted by molar-refractivity contribution is 7.90. The third-order valence-corrected chi connectivity index (χ3v) is 4.20. The first kappa shape index (κ1) is 16.3. The summed E-state index contributed by atoms with van der Waals surface area (Å²) in [5.74, 6) is -1.34. The van der Waals surface area contributed by atoms with Gasteiger partial charge in [-0.1, -0.05) is 13.8 Å². The summed E-state index contributed by atoms with van der Waals surface area (Å²) >= 11 is 0. The molecule has 2 N–H and O–H groups in total. The van der Waals surface area contributed by atoms with Crippen LogP contribution in [0.4, 0.5) is 0 Å². The fourth-order valence-corrected chi connectivity index (χ4v) is 2.28. The van der Waals surface area contributed by atoms with E-state index in [1.165, 1.54) is 0 Å². The van der Waals surface area contributed by atoms with Gasteiger partial charge < -0.3 is 9.84 Å². The molecule has 17 heavy (non-hydrogen) atoms. The van der Waals surface area contributed by atoms with Crippen molar-refractivity contribution in [1.82, 2.24) is 4.72 Å². The maximum atomic E-state index is 11.7. The molecule has 0 amide bonds. The average molecular weight is 267 g/mol. The van der Waals surface area contributed by atoms with Crippen molar-refractivity contribution in [2.45, 2.75) is 39.0 Å². The molecule has 0 aromatic rings. The number of rotatable bonds is 8. The molecule has 0 aromatic heterocycles. The zero-order valence-electron chi connectivity index (χ0n) is 10.6. The maximum absolute atomic E-state index is 11.7. The van der Waals surface area contributed by atoms with E-state index in [0.717, 1.165) is 6.92 Å². The van der Waals surface area contributed by atoms with E-state index in [0.29, 0.717) is 6.61 Å². The summed E-state index contributed by atoms with van der Waals surface area (Å²) in [6.45, 7) is 7.36. The van der Waals surface area contributed by atoms with Gasteiger partial charge in [0.25, 0.3) is 0 Å². The largest absolute Gasteiger partial charge is 0.480 e. The van der Waals surface area contributed by atoms with Gasteiger partial charge in [-0.3, -0.25) is 4.79 Å². The van der Waals surface area contributed by atoms with Crippen LogP contribution in [0.2, 0.25) is 0 Å². The van der Waals surface area contributed by atoms with Crippen molar-refractivity contribution in [2.24, 2.45) is 5.92 Å². The zero-order valence-corrected chi connectivity index (χ0v) is 11.5. The van der Waals surface area contributed by atoms with Gasteiger partial charge in [0.05, 0.1) is 6.61 Å². The molecule has 0 heterocycles. The lowest BCUT2D eigenvalue weighted by Crippen LogP contribution is -2.47. The van der Waals surface area contributed by atoms with Gasteiger partial charge in [-0.25, -0.2) is 13.1 Å². The van der Waals surface area contributed by atoms with Crippen molar-refractivity contribution >= 4 is 16.0 Å². The van der Waals surface area contributed by atoms with E-state index < -0.39 is 27.3 Å². The van der Waals surface area contributed by atoms with Gasteiger partial charge in [0.2, 0.25) is 10.0 Å². The molecule has 102 valence electrons. The standard InChI is InChI=1S/C10H21NO5S/c1-5-16-6-9(7(2)3)11-17(14,15)8(4)10(12)13/h7-9,11H,5-6H2,1-4H3,(H,12,13). The number of carboxylic acids is 1. The Kier molecular flexibility index (Phi) is 6.66. The molecular formula is C10H21NO5S. The Balaban J connectivity index is 4.69. The number of hydrogen-bond acceptors (Lipinski definition) is 4. The number of aliphatic carboxylic acids is 1. The minimum absolute atomic E-state index is 0.0253. The number of sulfonamides is 1. The summed E-state index contributed by atoms with van der Waals surface area (Å²) in [7, 11) is -3.86. The summed E-state index contributed by atoms with van der Waals surface area (Å²) in [5, 5.41) is 7.23. The number of ether oxygens (including phenoxy) is 1. The first-order chi connectivity index (χ1) is 7.72. The van der Waals surface area contributed by atoms with Gasteiger partial charge in [-0.05, 0) is 19.8 Å². The first-order valence-electron chi connectivity index (χ1n) is 5.54. The second-order valence-corrected chi connectivity index (χ2v) is 6.19. The Morgan fingerprint density at radius 1 is 1.35 bits per heavy atom. The van der Waals surface area contributed by atoms with Crippen LogP contribution in [0, 0.1) is 5.92 Å². The van der Waals surface area contributed by atoms with E-state index in [-0.39, 0.29) is 12.5 Å². The number of hydrogen-bond donors (Lipinski definition) is 2. The molecule has 0 aromatic carbocycles. The van der Waals surface area contributed by atoms with Crippen LogP contribution in [0.3, 0.4) is 0 Å². The molecular weight excluding hydrogens is 246 g/mol. The molecule has 0 fully saturated rings. The molecule has 6 nitrogen and oxygen atoms in total. The molecule has 0 saturated heterocycles. The first-order valence-corrected chi connectivity index (χ1v) is 7.08. The van der Waals surface area contributed by atoms with Gasteiger partial charge in [-0.15, -0.1) is 0 Å². The summed E-state index contributed by atoms with van der Waals surface area (Å²) in [4.78, 5) is 10.7. The highest BCUT2D eigenvalue weighted by Gasteiger charge is 2.30. The van der Waals surface area contributed by atoms with E-state index in [4.69, 9.17) is 9.84 Å². The SMILES string of the molecule is CCOCC(NS(=O)(=O)C(C)C(=O)O)C(C)C. The van der Waals surface area contributed by atoms with E-state index in [1.807, 2.05) is 20.8 Å². The minimum Gasteiger partial charge on any atom is -0.480 e. The van der Waals surface area contributed by atoms with Crippen LogP contribution < -0.4 is 4.72 Å². The normalized spacial score (nSPS) is 15.8. The second kappa shape index (κ2) is 6.93. The van der Waals surface area contributed by atoms with Crippen molar-refractivity contribution in [1.29, 1.82) is 0 Å². The van der Waals surface area contributed by atoms with Crippen LogP contribution in [0.15, 0.2) is 0 Å². The van der Waals surface area contributed by atoms with Crippen molar-refractivity contribution in [3.05, 3.63) is 0 Å². The van der Waals surface area contributed by atoms with Gasteiger partial charge in [-0.2, -0.15) is 0 Å². The van der Waals surface area contributed by atoms with Gasteiger partial charge in [0.1, 0.15) is 0 Å². The quantitative estimate of drug-likeness (QED) is 0.665. The molecule has 0 saturated carbocycles. The fourth-order valence-electron chi connectivity index (χ4n) is 1.05. The smallest absolute Gasteiger partial charge is 0.323 e. The topological polar surface area (TPSA) is 92.7 Å². The Labute approximate surface area is 102 Å². The third-order valence-electron chi connectivity index (χ3n) is 2.44. The molecule has 0 spiro atoms. The second-order valence-electron chi connectivity index (χ2n) is 4.15. The molecule has 2 unspecified atom stereocenters. The van der Waals surface area contributed by atoms with Crippen LogP contribution in [0.25, 0.3) is 0 Å². The summed E-state index contributed by atoms with van der Waals surface area (Å²) in [6.07, 6.45) is 0. The number of carboxylic acid groups (broad SMARTS) is 1. The van der Waals surface area contributed by atoms with Crippen LogP contribution in [-0.4, -0.2) is 44.0 Å². The minimum atomic E-state index is -3.86. The van der Waals surface area contributed by atoms with Crippen molar-refractivity contribution < 1.29 is 23.1 Å². The van der Waals surface area contributed by atoms with Crippen LogP contribution in [0.5, 0.6) is 0 Å². The Hall–Kier alpha value is -0.660. The average Bonchev–Trinajstić information content (AvgIpc) is 2.22. The molecule has 0 aliphatic rings. The number of nitrogens with one attached hydrogen (secondary N) is 1. The lowest BCUT2D eigenvalue weighted by molar-refractivity contribution is -0.136. The molecule has 2 atom stereocenters. The van der Waals surface area contributed by atoms with Gasteiger partial charge in [0.15, 0.2) is 5.25 Å². The molecule has 0 aliphatic carbocycles. The monoisotopic (exact) mass is 267 g/mol. The lowest BCUT2D eigenvalue weighted by Gasteiger charge is -2.23. The predicted octanol–water partition coefficient (Wildman–Crippen LogP) is 0.440. The Bertz CT molecular complexity index is 339. The molecule has 0 rings (SSSR count). The maximum Gasteiger partial charge on any atom is 0.323 e. The summed E-state index contributed by atoms with van der Waals surface area (Å²) in [5.41, 5.74) is 0. The van der Waals surface area contributed by atoms with Crippen molar-refractivity contribution in [2.75, 3.05) is 13.2 Å². The van der Waals surface area contributed by atoms with E-state index in [1.54, 1.807) is 0 Å². The predicted molar refractivity (Wildman–Crippen MR) is 64.3 cm³/mol. The number of carbonyl (C=O) groups is 1. The zero-order chi connectivity index (χ0) is 13.6. The van der Waals surface area contributed by atoms with E-state index >= 15 is 0 Å². The third kappa shape index (κ3) is 5.47.